The van der Waals surface area contributed by atoms with Crippen LogP contribution in [0.4, 0.5) is 5.69 Å². The Hall–Kier alpha value is -1.22. The molecule has 0 atom stereocenters. The van der Waals surface area contributed by atoms with Gasteiger partial charge in [0.15, 0.2) is 0 Å². The maximum atomic E-state index is 11.8. The number of alkyl halides is 1. The average molecular weight is 242 g/mol. The lowest BCUT2D eigenvalue weighted by Crippen LogP contribution is -2.32. The van der Waals surface area contributed by atoms with Crippen LogP contribution in [0.25, 0.3) is 0 Å². The Morgan fingerprint density at radius 1 is 1.44 bits per heavy atom. The van der Waals surface area contributed by atoms with Crippen LogP contribution in [0, 0.1) is 0 Å². The lowest BCUT2D eigenvalue weighted by molar-refractivity contribution is -0.148. The summed E-state index contributed by atoms with van der Waals surface area (Å²) in [6.07, 6.45) is 0. The SMILES string of the molecule is CC(C)(C(=O)OCCCl)c1ccccc1N. The molecule has 1 rings (SSSR count). The molecule has 0 unspecified atom stereocenters. The van der Waals surface area contributed by atoms with E-state index in [-0.39, 0.29) is 12.6 Å². The van der Waals surface area contributed by atoms with Crippen molar-refractivity contribution in [2.75, 3.05) is 18.2 Å². The quantitative estimate of drug-likeness (QED) is 0.500. The predicted octanol–water partition coefficient (Wildman–Crippen LogP) is 2.33. The van der Waals surface area contributed by atoms with Crippen molar-refractivity contribution < 1.29 is 9.53 Å². The molecule has 0 aliphatic carbocycles. The Kier molecular flexibility index (Phi) is 4.19. The lowest BCUT2D eigenvalue weighted by Gasteiger charge is -2.24. The predicted molar refractivity (Wildman–Crippen MR) is 65.6 cm³/mol. The van der Waals surface area contributed by atoms with E-state index in [4.69, 9.17) is 22.1 Å². The molecule has 0 aliphatic heterocycles. The van der Waals surface area contributed by atoms with Crippen molar-refractivity contribution in [3.63, 3.8) is 0 Å². The summed E-state index contributed by atoms with van der Waals surface area (Å²) >= 11 is 5.47. The molecule has 0 heterocycles. The fourth-order valence-electron chi connectivity index (χ4n) is 1.49. The normalized spacial score (nSPS) is 11.2. The highest BCUT2D eigenvalue weighted by Gasteiger charge is 2.32. The molecule has 4 heteroatoms. The van der Waals surface area contributed by atoms with Crippen LogP contribution in [0.1, 0.15) is 19.4 Å². The fourth-order valence-corrected chi connectivity index (χ4v) is 1.56. The summed E-state index contributed by atoms with van der Waals surface area (Å²) in [6.45, 7) is 3.79. The molecule has 0 aromatic heterocycles. The van der Waals surface area contributed by atoms with Crippen LogP contribution in [0.5, 0.6) is 0 Å². The maximum Gasteiger partial charge on any atom is 0.316 e. The fraction of sp³-hybridized carbons (Fsp3) is 0.417. The molecule has 0 radical (unpaired) electrons. The van der Waals surface area contributed by atoms with Crippen molar-refractivity contribution in [2.45, 2.75) is 19.3 Å². The highest BCUT2D eigenvalue weighted by atomic mass is 35.5. The zero-order chi connectivity index (χ0) is 12.2. The monoisotopic (exact) mass is 241 g/mol. The van der Waals surface area contributed by atoms with Crippen LogP contribution >= 0.6 is 11.6 Å². The van der Waals surface area contributed by atoms with Gasteiger partial charge in [0.1, 0.15) is 6.61 Å². The van der Waals surface area contributed by atoms with Crippen LogP contribution in [-0.2, 0) is 14.9 Å². The number of rotatable bonds is 4. The molecule has 0 bridgehead atoms. The van der Waals surface area contributed by atoms with Crippen molar-refractivity contribution in [1.29, 1.82) is 0 Å². The van der Waals surface area contributed by atoms with Gasteiger partial charge >= 0.3 is 5.97 Å². The van der Waals surface area contributed by atoms with Gasteiger partial charge in [0.05, 0.1) is 11.3 Å². The highest BCUT2D eigenvalue weighted by Crippen LogP contribution is 2.29. The number of anilines is 1. The molecule has 0 saturated carbocycles. The molecular formula is C12H16ClNO2. The van der Waals surface area contributed by atoms with Gasteiger partial charge in [-0.15, -0.1) is 11.6 Å². The van der Waals surface area contributed by atoms with Crippen molar-refractivity contribution in [2.24, 2.45) is 0 Å². The number of nitrogen functional groups attached to an aromatic ring is 1. The Bertz CT molecular complexity index is 377. The number of hydrogen-bond donors (Lipinski definition) is 1. The van der Waals surface area contributed by atoms with Crippen LogP contribution in [0.2, 0.25) is 0 Å². The van der Waals surface area contributed by atoms with E-state index in [0.29, 0.717) is 11.6 Å². The summed E-state index contributed by atoms with van der Waals surface area (Å²) < 4.78 is 5.04. The third-order valence-electron chi connectivity index (χ3n) is 2.45. The van der Waals surface area contributed by atoms with Crippen molar-refractivity contribution in [1.82, 2.24) is 0 Å². The van der Waals surface area contributed by atoms with Gasteiger partial charge in [-0.3, -0.25) is 4.79 Å². The largest absolute Gasteiger partial charge is 0.464 e. The number of halogens is 1. The number of carbonyl (C=O) groups excluding carboxylic acids is 1. The van der Waals surface area contributed by atoms with Crippen LogP contribution in [0.3, 0.4) is 0 Å². The summed E-state index contributed by atoms with van der Waals surface area (Å²) in [7, 11) is 0. The second kappa shape index (κ2) is 5.21. The third-order valence-corrected chi connectivity index (χ3v) is 2.61. The van der Waals surface area contributed by atoms with Gasteiger partial charge in [-0.2, -0.15) is 0 Å². The van der Waals surface area contributed by atoms with Gasteiger partial charge < -0.3 is 10.5 Å². The molecule has 2 N–H and O–H groups in total. The number of carbonyl (C=O) groups is 1. The molecule has 0 fully saturated rings. The molecule has 0 saturated heterocycles. The smallest absolute Gasteiger partial charge is 0.316 e. The molecule has 1 aromatic carbocycles. The minimum Gasteiger partial charge on any atom is -0.464 e. The van der Waals surface area contributed by atoms with E-state index in [1.165, 1.54) is 0 Å². The Balaban J connectivity index is 2.93. The van der Waals surface area contributed by atoms with Gasteiger partial charge in [-0.1, -0.05) is 18.2 Å². The van der Waals surface area contributed by atoms with Gasteiger partial charge in [-0.25, -0.2) is 0 Å². The average Bonchev–Trinajstić information content (AvgIpc) is 2.26. The van der Waals surface area contributed by atoms with Crippen LogP contribution < -0.4 is 5.73 Å². The van der Waals surface area contributed by atoms with Crippen LogP contribution in [-0.4, -0.2) is 18.5 Å². The van der Waals surface area contributed by atoms with Crippen molar-refractivity contribution >= 4 is 23.3 Å². The van der Waals surface area contributed by atoms with E-state index in [1.807, 2.05) is 18.2 Å². The molecule has 3 nitrogen and oxygen atoms in total. The first kappa shape index (κ1) is 12.8. The van der Waals surface area contributed by atoms with Crippen molar-refractivity contribution in [3.05, 3.63) is 29.8 Å². The van der Waals surface area contributed by atoms with Gasteiger partial charge in [0.25, 0.3) is 0 Å². The van der Waals surface area contributed by atoms with Gasteiger partial charge in [-0.05, 0) is 25.5 Å². The van der Waals surface area contributed by atoms with E-state index in [9.17, 15) is 4.79 Å². The topological polar surface area (TPSA) is 52.3 Å². The number of benzene rings is 1. The van der Waals surface area contributed by atoms with E-state index in [0.717, 1.165) is 5.56 Å². The highest BCUT2D eigenvalue weighted by molar-refractivity contribution is 6.18. The maximum absolute atomic E-state index is 11.8. The summed E-state index contributed by atoms with van der Waals surface area (Å²) in [5, 5.41) is 0. The Morgan fingerprint density at radius 3 is 2.62 bits per heavy atom. The minimum atomic E-state index is -0.753. The van der Waals surface area contributed by atoms with E-state index < -0.39 is 5.41 Å². The van der Waals surface area contributed by atoms with Gasteiger partial charge in [0.2, 0.25) is 0 Å². The first-order valence-electron chi connectivity index (χ1n) is 5.08. The number of hydrogen-bond acceptors (Lipinski definition) is 3. The van der Waals surface area contributed by atoms with Gasteiger partial charge in [0, 0.05) is 5.69 Å². The zero-order valence-corrected chi connectivity index (χ0v) is 10.3. The first-order valence-corrected chi connectivity index (χ1v) is 5.61. The molecule has 16 heavy (non-hydrogen) atoms. The summed E-state index contributed by atoms with van der Waals surface area (Å²) in [5.41, 5.74) is 6.45. The summed E-state index contributed by atoms with van der Waals surface area (Å²) in [4.78, 5) is 11.8. The second-order valence-corrected chi connectivity index (χ2v) is 4.42. The number of para-hydroxylation sites is 1. The van der Waals surface area contributed by atoms with E-state index >= 15 is 0 Å². The summed E-state index contributed by atoms with van der Waals surface area (Å²) in [6, 6.07) is 7.28. The van der Waals surface area contributed by atoms with E-state index in [1.54, 1.807) is 19.9 Å². The number of nitrogens with two attached hydrogens (primary N) is 1. The number of esters is 1. The third kappa shape index (κ3) is 2.67. The minimum absolute atomic E-state index is 0.219. The Labute approximate surface area is 101 Å². The molecule has 0 aliphatic rings. The molecule has 0 amide bonds. The van der Waals surface area contributed by atoms with E-state index in [2.05, 4.69) is 0 Å². The Morgan fingerprint density at radius 2 is 2.06 bits per heavy atom. The lowest BCUT2D eigenvalue weighted by atomic mass is 9.84. The molecule has 0 spiro atoms. The van der Waals surface area contributed by atoms with Crippen LogP contribution in [0.15, 0.2) is 24.3 Å². The van der Waals surface area contributed by atoms with Crippen molar-refractivity contribution in [3.8, 4) is 0 Å². The standard InChI is InChI=1S/C12H16ClNO2/c1-12(2,11(15)16-8-7-13)9-5-3-4-6-10(9)14/h3-6H,7-8,14H2,1-2H3. The second-order valence-electron chi connectivity index (χ2n) is 4.04. The summed E-state index contributed by atoms with van der Waals surface area (Å²) in [5.74, 6) is -0.0161. The molecule has 88 valence electrons. The first-order chi connectivity index (χ1) is 7.50. The molecule has 1 aromatic rings. The number of ether oxygens (including phenoxy) is 1. The zero-order valence-electron chi connectivity index (χ0n) is 9.50. The molecular weight excluding hydrogens is 226 g/mol.